The molecular formula is C16H13NS. The maximum atomic E-state index is 5.48. The quantitative estimate of drug-likeness (QED) is 0.450. The van der Waals surface area contributed by atoms with E-state index in [2.05, 4.69) is 23.0 Å². The van der Waals surface area contributed by atoms with Crippen LogP contribution in [-0.2, 0) is 5.75 Å². The first-order chi connectivity index (χ1) is 8.88. The summed E-state index contributed by atoms with van der Waals surface area (Å²) < 4.78 is 0. The Morgan fingerprint density at radius 1 is 1.00 bits per heavy atom. The summed E-state index contributed by atoms with van der Waals surface area (Å²) in [5.41, 5.74) is 2.14. The van der Waals surface area contributed by atoms with Gasteiger partial charge in [0.25, 0.3) is 0 Å². The van der Waals surface area contributed by atoms with E-state index in [4.69, 9.17) is 6.42 Å². The molecule has 0 amide bonds. The molecule has 0 bridgehead atoms. The zero-order valence-electron chi connectivity index (χ0n) is 9.91. The van der Waals surface area contributed by atoms with Crippen LogP contribution in [0.25, 0.3) is 0 Å². The molecule has 88 valence electrons. The summed E-state index contributed by atoms with van der Waals surface area (Å²) >= 11 is 1.58. The van der Waals surface area contributed by atoms with E-state index >= 15 is 0 Å². The van der Waals surface area contributed by atoms with Gasteiger partial charge in [0.15, 0.2) is 0 Å². The average Bonchev–Trinajstić information content (AvgIpc) is 2.45. The summed E-state index contributed by atoms with van der Waals surface area (Å²) in [5, 5.41) is 0.713. The van der Waals surface area contributed by atoms with E-state index in [1.54, 1.807) is 11.8 Å². The van der Waals surface area contributed by atoms with Crippen molar-refractivity contribution in [2.45, 2.75) is 5.75 Å². The van der Waals surface area contributed by atoms with Crippen LogP contribution in [0.4, 0.5) is 5.69 Å². The van der Waals surface area contributed by atoms with Gasteiger partial charge in [-0.3, -0.25) is 0 Å². The van der Waals surface area contributed by atoms with Crippen LogP contribution in [0.3, 0.4) is 0 Å². The van der Waals surface area contributed by atoms with Crippen LogP contribution in [0.2, 0.25) is 0 Å². The molecule has 0 N–H and O–H groups in total. The number of benzene rings is 2. The van der Waals surface area contributed by atoms with E-state index in [1.165, 1.54) is 5.56 Å². The van der Waals surface area contributed by atoms with E-state index < -0.39 is 0 Å². The van der Waals surface area contributed by atoms with Crippen molar-refractivity contribution in [2.24, 2.45) is 4.99 Å². The van der Waals surface area contributed by atoms with E-state index in [-0.39, 0.29) is 0 Å². The molecule has 0 saturated heterocycles. The molecule has 2 aromatic carbocycles. The Balaban J connectivity index is 2.03. The smallest absolute Gasteiger partial charge is 0.147 e. The van der Waals surface area contributed by atoms with Crippen molar-refractivity contribution in [3.8, 4) is 12.3 Å². The molecule has 1 nitrogen and oxygen atoms in total. The highest BCUT2D eigenvalue weighted by Crippen LogP contribution is 2.18. The molecule has 0 aliphatic carbocycles. The Kier molecular flexibility index (Phi) is 4.63. The Morgan fingerprint density at radius 3 is 2.22 bits per heavy atom. The second-order valence-electron chi connectivity index (χ2n) is 3.67. The van der Waals surface area contributed by atoms with Crippen LogP contribution in [0, 0.1) is 12.3 Å². The summed E-state index contributed by atoms with van der Waals surface area (Å²) in [6.45, 7) is 0. The SMILES string of the molecule is C#CC(=Nc1ccccc1)SCc1ccccc1. The monoisotopic (exact) mass is 251 g/mol. The largest absolute Gasteiger partial charge is 0.233 e. The van der Waals surface area contributed by atoms with Gasteiger partial charge in [-0.25, -0.2) is 4.99 Å². The standard InChI is InChI=1S/C16H13NS/c1-2-16(17-15-11-7-4-8-12-15)18-13-14-9-5-3-6-10-14/h1,3-12H,13H2. The van der Waals surface area contributed by atoms with E-state index in [1.807, 2.05) is 48.5 Å². The first-order valence-corrected chi connectivity index (χ1v) is 6.64. The Hall–Kier alpha value is -1.98. The molecular weight excluding hydrogens is 238 g/mol. The van der Waals surface area contributed by atoms with Crippen LogP contribution in [0.5, 0.6) is 0 Å². The molecule has 0 unspecified atom stereocenters. The fraction of sp³-hybridized carbons (Fsp3) is 0.0625. The summed E-state index contributed by atoms with van der Waals surface area (Å²) in [7, 11) is 0. The third-order valence-corrected chi connectivity index (χ3v) is 3.29. The van der Waals surface area contributed by atoms with Gasteiger partial charge in [-0.1, -0.05) is 60.3 Å². The molecule has 0 spiro atoms. The first kappa shape index (κ1) is 12.5. The van der Waals surface area contributed by atoms with Gasteiger partial charge < -0.3 is 0 Å². The highest BCUT2D eigenvalue weighted by atomic mass is 32.2. The van der Waals surface area contributed by atoms with Gasteiger partial charge in [0.05, 0.1) is 5.69 Å². The summed E-state index contributed by atoms with van der Waals surface area (Å²) in [6.07, 6.45) is 5.48. The molecule has 0 fully saturated rings. The fourth-order valence-corrected chi connectivity index (χ4v) is 2.20. The maximum absolute atomic E-state index is 5.48. The molecule has 0 heterocycles. The fourth-order valence-electron chi connectivity index (χ4n) is 1.45. The highest BCUT2D eigenvalue weighted by molar-refractivity contribution is 8.13. The Morgan fingerprint density at radius 2 is 1.61 bits per heavy atom. The van der Waals surface area contributed by atoms with Crippen molar-refractivity contribution >= 4 is 22.5 Å². The molecule has 0 aliphatic rings. The van der Waals surface area contributed by atoms with Gasteiger partial charge in [0.1, 0.15) is 5.04 Å². The van der Waals surface area contributed by atoms with Gasteiger partial charge in [-0.2, -0.15) is 0 Å². The molecule has 18 heavy (non-hydrogen) atoms. The minimum atomic E-state index is 0.713. The third-order valence-electron chi connectivity index (χ3n) is 2.33. The number of aliphatic imine (C=N–C) groups is 1. The summed E-state index contributed by atoms with van der Waals surface area (Å²) in [5.74, 6) is 3.48. The van der Waals surface area contributed by atoms with E-state index in [0.717, 1.165) is 11.4 Å². The van der Waals surface area contributed by atoms with Crippen LogP contribution < -0.4 is 0 Å². The molecule has 0 atom stereocenters. The van der Waals surface area contributed by atoms with Crippen molar-refractivity contribution in [2.75, 3.05) is 0 Å². The van der Waals surface area contributed by atoms with Gasteiger partial charge in [-0.15, -0.1) is 6.42 Å². The number of para-hydroxylation sites is 1. The molecule has 0 aromatic heterocycles. The lowest BCUT2D eigenvalue weighted by atomic mass is 10.2. The van der Waals surface area contributed by atoms with Crippen LogP contribution in [0.15, 0.2) is 65.7 Å². The topological polar surface area (TPSA) is 12.4 Å². The number of hydrogen-bond donors (Lipinski definition) is 0. The lowest BCUT2D eigenvalue weighted by Gasteiger charge is -2.00. The van der Waals surface area contributed by atoms with Gasteiger partial charge in [0.2, 0.25) is 0 Å². The van der Waals surface area contributed by atoms with Crippen molar-refractivity contribution in [3.63, 3.8) is 0 Å². The van der Waals surface area contributed by atoms with Crippen LogP contribution in [0.1, 0.15) is 5.56 Å². The number of nitrogens with zero attached hydrogens (tertiary/aromatic N) is 1. The van der Waals surface area contributed by atoms with Crippen molar-refractivity contribution < 1.29 is 0 Å². The first-order valence-electron chi connectivity index (χ1n) is 5.65. The number of thioether (sulfide) groups is 1. The Labute approximate surface area is 112 Å². The van der Waals surface area contributed by atoms with Crippen LogP contribution in [-0.4, -0.2) is 5.04 Å². The van der Waals surface area contributed by atoms with Crippen LogP contribution >= 0.6 is 11.8 Å². The van der Waals surface area contributed by atoms with Gasteiger partial charge in [0, 0.05) is 5.75 Å². The predicted octanol–water partition coefficient (Wildman–Crippen LogP) is 4.28. The van der Waals surface area contributed by atoms with Crippen molar-refractivity contribution in [3.05, 3.63) is 66.2 Å². The molecule has 2 aromatic rings. The minimum absolute atomic E-state index is 0.713. The molecule has 0 aliphatic heterocycles. The highest BCUT2D eigenvalue weighted by Gasteiger charge is 1.98. The number of hydrogen-bond acceptors (Lipinski definition) is 2. The maximum Gasteiger partial charge on any atom is 0.147 e. The minimum Gasteiger partial charge on any atom is -0.233 e. The van der Waals surface area contributed by atoms with E-state index in [0.29, 0.717) is 5.04 Å². The normalized spacial score (nSPS) is 10.9. The second-order valence-corrected chi connectivity index (χ2v) is 4.64. The molecule has 0 saturated carbocycles. The van der Waals surface area contributed by atoms with E-state index in [9.17, 15) is 0 Å². The summed E-state index contributed by atoms with van der Waals surface area (Å²) in [6, 6.07) is 20.0. The predicted molar refractivity (Wildman–Crippen MR) is 80.1 cm³/mol. The zero-order chi connectivity index (χ0) is 12.6. The van der Waals surface area contributed by atoms with Crippen molar-refractivity contribution in [1.82, 2.24) is 0 Å². The number of rotatable bonds is 3. The molecule has 0 radical (unpaired) electrons. The number of terminal acetylenes is 1. The van der Waals surface area contributed by atoms with Crippen molar-refractivity contribution in [1.29, 1.82) is 0 Å². The molecule has 2 rings (SSSR count). The second kappa shape index (κ2) is 6.68. The average molecular weight is 251 g/mol. The third kappa shape index (κ3) is 3.80. The lowest BCUT2D eigenvalue weighted by Crippen LogP contribution is -1.88. The lowest BCUT2D eigenvalue weighted by molar-refractivity contribution is 1.42. The van der Waals surface area contributed by atoms with Gasteiger partial charge >= 0.3 is 0 Å². The van der Waals surface area contributed by atoms with Gasteiger partial charge in [-0.05, 0) is 23.6 Å². The zero-order valence-corrected chi connectivity index (χ0v) is 10.7. The Bertz CT molecular complexity index is 553. The summed E-state index contributed by atoms with van der Waals surface area (Å²) in [4.78, 5) is 4.44. The molecule has 2 heteroatoms.